The van der Waals surface area contributed by atoms with Gasteiger partial charge < -0.3 is 29.7 Å². The number of thiocarbonyl (C=S) groups is 1. The minimum Gasteiger partial charge on any atom is -0.507 e. The number of phenols is 1. The number of amides is 1. The van der Waals surface area contributed by atoms with E-state index in [1.54, 1.807) is 13.8 Å². The number of benzene rings is 1. The van der Waals surface area contributed by atoms with Gasteiger partial charge in [0.1, 0.15) is 17.5 Å². The SMILES string of the molecule is COc1cc(O)c2c(c1C)C(=O)OCC(=O)NCC(=S)N[C@H](c1nc(C)no1)CSC2. The van der Waals surface area contributed by atoms with Gasteiger partial charge in [-0.1, -0.05) is 17.4 Å². The second-order valence-electron chi connectivity index (χ2n) is 6.74. The number of hydrogen-bond donors (Lipinski definition) is 3. The van der Waals surface area contributed by atoms with Crippen LogP contribution in [0.2, 0.25) is 0 Å². The zero-order valence-corrected chi connectivity index (χ0v) is 18.8. The van der Waals surface area contributed by atoms with E-state index >= 15 is 0 Å². The van der Waals surface area contributed by atoms with E-state index < -0.39 is 24.5 Å². The zero-order valence-electron chi connectivity index (χ0n) is 17.2. The van der Waals surface area contributed by atoms with Crippen molar-refractivity contribution in [3.8, 4) is 11.5 Å². The lowest BCUT2D eigenvalue weighted by Gasteiger charge is -2.20. The molecule has 2 heterocycles. The number of cyclic esters (lactones) is 1. The number of esters is 1. The molecular formula is C19H22N4O6S2. The summed E-state index contributed by atoms with van der Waals surface area (Å²) in [6.07, 6.45) is 0. The summed E-state index contributed by atoms with van der Waals surface area (Å²) >= 11 is 6.73. The lowest BCUT2D eigenvalue weighted by atomic mass is 10.0. The summed E-state index contributed by atoms with van der Waals surface area (Å²) in [5.41, 5.74) is 1.06. The van der Waals surface area contributed by atoms with E-state index in [1.165, 1.54) is 24.9 Å². The molecule has 0 bridgehead atoms. The third kappa shape index (κ3) is 5.44. The molecule has 1 amide bonds. The van der Waals surface area contributed by atoms with Gasteiger partial charge in [0, 0.05) is 28.7 Å². The van der Waals surface area contributed by atoms with Crippen LogP contribution in [0.4, 0.5) is 0 Å². The van der Waals surface area contributed by atoms with Crippen molar-refractivity contribution in [1.29, 1.82) is 0 Å². The van der Waals surface area contributed by atoms with Gasteiger partial charge in [0.15, 0.2) is 12.4 Å². The monoisotopic (exact) mass is 466 g/mol. The molecule has 1 aliphatic rings. The number of fused-ring (bicyclic) bond motifs is 1. The maximum atomic E-state index is 12.8. The number of ether oxygens (including phenoxy) is 2. The predicted octanol–water partition coefficient (Wildman–Crippen LogP) is 1.58. The van der Waals surface area contributed by atoms with Crippen molar-refractivity contribution < 1.29 is 28.7 Å². The molecule has 3 rings (SSSR count). The minimum absolute atomic E-state index is 0.0598. The molecule has 0 saturated heterocycles. The Bertz CT molecular complexity index is 1010. The molecule has 1 aromatic carbocycles. The molecule has 0 fully saturated rings. The summed E-state index contributed by atoms with van der Waals surface area (Å²) in [4.78, 5) is 29.5. The Hall–Kier alpha value is -2.86. The largest absolute Gasteiger partial charge is 0.507 e. The van der Waals surface area contributed by atoms with E-state index in [0.717, 1.165) is 0 Å². The third-order valence-corrected chi connectivity index (χ3v) is 5.86. The van der Waals surface area contributed by atoms with Crippen LogP contribution in [0.5, 0.6) is 11.5 Å². The van der Waals surface area contributed by atoms with E-state index in [-0.39, 0.29) is 23.6 Å². The second-order valence-corrected chi connectivity index (χ2v) is 8.27. The number of carbonyl (C=O) groups excluding carboxylic acids is 2. The fourth-order valence-corrected chi connectivity index (χ4v) is 4.31. The molecule has 0 radical (unpaired) electrons. The van der Waals surface area contributed by atoms with Gasteiger partial charge in [-0.25, -0.2) is 4.79 Å². The first-order valence-corrected chi connectivity index (χ1v) is 10.9. The minimum atomic E-state index is -0.723. The van der Waals surface area contributed by atoms with Gasteiger partial charge in [0.25, 0.3) is 5.91 Å². The highest BCUT2D eigenvalue weighted by Crippen LogP contribution is 2.36. The molecule has 0 aliphatic carbocycles. The Morgan fingerprint density at radius 1 is 1.35 bits per heavy atom. The summed E-state index contributed by atoms with van der Waals surface area (Å²) in [6, 6.07) is 1.03. The summed E-state index contributed by atoms with van der Waals surface area (Å²) in [6.45, 7) is 2.97. The van der Waals surface area contributed by atoms with Gasteiger partial charge >= 0.3 is 5.97 Å². The number of methoxy groups -OCH3 is 1. The van der Waals surface area contributed by atoms with Crippen LogP contribution in [0.25, 0.3) is 0 Å². The molecule has 10 nitrogen and oxygen atoms in total. The van der Waals surface area contributed by atoms with Crippen LogP contribution in [-0.2, 0) is 15.3 Å². The highest BCUT2D eigenvalue weighted by atomic mass is 32.2. The van der Waals surface area contributed by atoms with Crippen LogP contribution < -0.4 is 15.4 Å². The molecule has 2 aromatic rings. The lowest BCUT2D eigenvalue weighted by molar-refractivity contribution is -0.123. The van der Waals surface area contributed by atoms with Crippen LogP contribution >= 0.6 is 24.0 Å². The standard InChI is InChI=1S/C19H22N4O6S2/c1-9-14(27-3)4-13(24)11-7-31-8-12(18-21-10(2)23-29-18)22-16(30)5-20-15(25)6-28-19(26)17(9)11/h4,12,24H,5-8H2,1-3H3,(H,20,25)(H,22,30)/t12-/m0/s1. The normalized spacial score (nSPS) is 18.3. The summed E-state index contributed by atoms with van der Waals surface area (Å²) in [5, 5.41) is 20.0. The number of rotatable bonds is 2. The van der Waals surface area contributed by atoms with E-state index in [0.29, 0.717) is 39.3 Å². The molecule has 0 saturated carbocycles. The predicted molar refractivity (Wildman–Crippen MR) is 116 cm³/mol. The maximum Gasteiger partial charge on any atom is 0.339 e. The van der Waals surface area contributed by atoms with Gasteiger partial charge in [-0.15, -0.1) is 0 Å². The van der Waals surface area contributed by atoms with Crippen LogP contribution in [0, 0.1) is 13.8 Å². The molecule has 0 unspecified atom stereocenters. The summed E-state index contributed by atoms with van der Waals surface area (Å²) in [5.74, 6) is 0.552. The van der Waals surface area contributed by atoms with Crippen molar-refractivity contribution in [2.45, 2.75) is 25.6 Å². The van der Waals surface area contributed by atoms with Crippen molar-refractivity contribution in [2.75, 3.05) is 26.0 Å². The first-order valence-electron chi connectivity index (χ1n) is 9.30. The molecule has 0 spiro atoms. The Kier molecular flexibility index (Phi) is 7.33. The van der Waals surface area contributed by atoms with Crippen LogP contribution in [-0.4, -0.2) is 58.1 Å². The Morgan fingerprint density at radius 2 is 2.13 bits per heavy atom. The molecule has 1 aromatic heterocycles. The Labute approximate surface area is 188 Å². The van der Waals surface area contributed by atoms with Crippen molar-refractivity contribution in [3.05, 3.63) is 34.5 Å². The van der Waals surface area contributed by atoms with Crippen LogP contribution in [0.1, 0.15) is 39.2 Å². The quantitative estimate of drug-likeness (QED) is 0.439. The Balaban J connectivity index is 1.95. The van der Waals surface area contributed by atoms with Gasteiger partial charge in [-0.2, -0.15) is 16.7 Å². The van der Waals surface area contributed by atoms with E-state index in [1.807, 2.05) is 0 Å². The van der Waals surface area contributed by atoms with Crippen molar-refractivity contribution in [3.63, 3.8) is 0 Å². The maximum absolute atomic E-state index is 12.8. The van der Waals surface area contributed by atoms with Crippen LogP contribution in [0.3, 0.4) is 0 Å². The number of aromatic nitrogens is 2. The number of nitrogens with zero attached hydrogens (tertiary/aromatic N) is 2. The average molecular weight is 467 g/mol. The number of nitrogens with one attached hydrogen (secondary N) is 2. The molecule has 1 aliphatic heterocycles. The van der Waals surface area contributed by atoms with Gasteiger partial charge in [0.2, 0.25) is 5.89 Å². The third-order valence-electron chi connectivity index (χ3n) is 4.54. The summed E-state index contributed by atoms with van der Waals surface area (Å²) < 4.78 is 15.7. The average Bonchev–Trinajstić information content (AvgIpc) is 3.17. The van der Waals surface area contributed by atoms with Gasteiger partial charge in [0.05, 0.1) is 24.2 Å². The van der Waals surface area contributed by atoms with Crippen LogP contribution in [0.15, 0.2) is 10.6 Å². The fourth-order valence-electron chi connectivity index (χ4n) is 3.02. The van der Waals surface area contributed by atoms with Gasteiger partial charge in [-0.3, -0.25) is 4.79 Å². The molecule has 3 N–H and O–H groups in total. The number of aryl methyl sites for hydroxylation is 1. The first kappa shape index (κ1) is 22.8. The van der Waals surface area contributed by atoms with Crippen molar-refractivity contribution >= 4 is 40.8 Å². The topological polar surface area (TPSA) is 136 Å². The summed E-state index contributed by atoms with van der Waals surface area (Å²) in [7, 11) is 1.44. The molecule has 1 atom stereocenters. The zero-order chi connectivity index (χ0) is 22.5. The molecular weight excluding hydrogens is 444 g/mol. The highest BCUT2D eigenvalue weighted by molar-refractivity contribution is 7.98. The second kappa shape index (κ2) is 9.96. The smallest absolute Gasteiger partial charge is 0.339 e. The van der Waals surface area contributed by atoms with Crippen molar-refractivity contribution in [2.24, 2.45) is 0 Å². The number of hydrogen-bond acceptors (Lipinski definition) is 10. The van der Waals surface area contributed by atoms with Crippen molar-refractivity contribution in [1.82, 2.24) is 20.8 Å². The number of thioether (sulfide) groups is 1. The number of phenolic OH excluding ortho intramolecular Hbond substituents is 1. The molecule has 166 valence electrons. The van der Waals surface area contributed by atoms with E-state index in [2.05, 4.69) is 20.8 Å². The molecule has 12 heteroatoms. The van der Waals surface area contributed by atoms with Gasteiger partial charge in [-0.05, 0) is 13.8 Å². The highest BCUT2D eigenvalue weighted by Gasteiger charge is 2.26. The molecule has 31 heavy (non-hydrogen) atoms. The van der Waals surface area contributed by atoms with E-state index in [9.17, 15) is 14.7 Å². The lowest BCUT2D eigenvalue weighted by Crippen LogP contribution is -2.40. The first-order chi connectivity index (χ1) is 14.8. The number of aromatic hydroxyl groups is 1. The fraction of sp³-hybridized carbons (Fsp3) is 0.421. The number of carbonyl (C=O) groups is 2. The Morgan fingerprint density at radius 3 is 2.81 bits per heavy atom. The van der Waals surface area contributed by atoms with E-state index in [4.69, 9.17) is 26.2 Å².